The smallest absolute Gasteiger partial charge is 0.307 e. The molecular formula is C14H11Cl2NO4. The van der Waals surface area contributed by atoms with Crippen molar-refractivity contribution in [3.05, 3.63) is 52.0 Å². The standard InChI is InChI=1S/C14H11Cl2NO4/c15-10-2-1-3-11(16)14(10)17(21)12-5-4-9(18)6-8(12)7-13(19)20/h1-6,18,21H,7H2,(H,19,20). The molecule has 7 heteroatoms. The van der Waals surface area contributed by atoms with Gasteiger partial charge in [-0.1, -0.05) is 29.3 Å². The monoisotopic (exact) mass is 327 g/mol. The van der Waals surface area contributed by atoms with Crippen LogP contribution in [0.2, 0.25) is 10.0 Å². The number of nitrogens with zero attached hydrogens (tertiary/aromatic N) is 1. The minimum Gasteiger partial charge on any atom is -0.508 e. The predicted molar refractivity (Wildman–Crippen MR) is 79.8 cm³/mol. The Labute approximate surface area is 130 Å². The van der Waals surface area contributed by atoms with Crippen LogP contribution in [0.5, 0.6) is 5.75 Å². The second-order valence-electron chi connectivity index (χ2n) is 4.27. The Bertz CT molecular complexity index is 670. The molecule has 0 unspecified atom stereocenters. The molecule has 2 rings (SSSR count). The van der Waals surface area contributed by atoms with Crippen molar-refractivity contribution in [1.82, 2.24) is 0 Å². The minimum absolute atomic E-state index is 0.103. The van der Waals surface area contributed by atoms with E-state index in [0.717, 1.165) is 0 Å². The zero-order valence-electron chi connectivity index (χ0n) is 10.6. The molecule has 0 radical (unpaired) electrons. The Morgan fingerprint density at radius 2 is 1.76 bits per heavy atom. The molecule has 0 aromatic heterocycles. The van der Waals surface area contributed by atoms with Crippen LogP contribution in [0.3, 0.4) is 0 Å². The molecule has 0 amide bonds. The molecule has 0 saturated heterocycles. The van der Waals surface area contributed by atoms with E-state index in [4.69, 9.17) is 28.3 Å². The van der Waals surface area contributed by atoms with Crippen molar-refractivity contribution < 1.29 is 20.2 Å². The van der Waals surface area contributed by atoms with Gasteiger partial charge < -0.3 is 10.2 Å². The topological polar surface area (TPSA) is 81.0 Å². The quantitative estimate of drug-likeness (QED) is 0.743. The maximum atomic E-state index is 10.9. The lowest BCUT2D eigenvalue weighted by Crippen LogP contribution is -2.15. The average molecular weight is 328 g/mol. The van der Waals surface area contributed by atoms with E-state index >= 15 is 0 Å². The number of rotatable bonds is 4. The number of halogens is 2. The minimum atomic E-state index is -1.10. The number of benzene rings is 2. The first kappa shape index (κ1) is 15.4. The van der Waals surface area contributed by atoms with Crippen LogP contribution < -0.4 is 5.06 Å². The second kappa shape index (κ2) is 6.22. The lowest BCUT2D eigenvalue weighted by molar-refractivity contribution is -0.136. The van der Waals surface area contributed by atoms with Crippen molar-refractivity contribution in [2.45, 2.75) is 6.42 Å². The number of hydrogen-bond donors (Lipinski definition) is 3. The predicted octanol–water partition coefficient (Wildman–Crippen LogP) is 3.85. The van der Waals surface area contributed by atoms with Gasteiger partial charge in [-0.15, -0.1) is 0 Å². The van der Waals surface area contributed by atoms with Gasteiger partial charge in [0.2, 0.25) is 0 Å². The summed E-state index contributed by atoms with van der Waals surface area (Å²) in [5, 5.41) is 29.8. The maximum Gasteiger partial charge on any atom is 0.307 e. The van der Waals surface area contributed by atoms with Crippen molar-refractivity contribution >= 4 is 40.5 Å². The molecule has 2 aromatic rings. The highest BCUT2D eigenvalue weighted by Gasteiger charge is 2.18. The first-order chi connectivity index (χ1) is 9.90. The van der Waals surface area contributed by atoms with Crippen molar-refractivity contribution in [3.8, 4) is 5.75 Å². The number of hydrogen-bond acceptors (Lipinski definition) is 4. The summed E-state index contributed by atoms with van der Waals surface area (Å²) in [5.74, 6) is -1.20. The summed E-state index contributed by atoms with van der Waals surface area (Å²) in [6.07, 6.45) is -0.372. The van der Waals surface area contributed by atoms with Gasteiger partial charge >= 0.3 is 5.97 Å². The summed E-state index contributed by atoms with van der Waals surface area (Å²) in [4.78, 5) is 10.9. The molecule has 2 aromatic carbocycles. The number of carbonyl (C=O) groups is 1. The zero-order valence-corrected chi connectivity index (χ0v) is 12.1. The summed E-state index contributed by atoms with van der Waals surface area (Å²) < 4.78 is 0. The molecule has 0 aliphatic rings. The number of aromatic hydroxyl groups is 1. The summed E-state index contributed by atoms with van der Waals surface area (Å²) in [6.45, 7) is 0. The number of carboxylic acid groups (broad SMARTS) is 1. The van der Waals surface area contributed by atoms with Gasteiger partial charge in [0.1, 0.15) is 11.4 Å². The summed E-state index contributed by atoms with van der Waals surface area (Å²) in [5.41, 5.74) is 0.532. The van der Waals surface area contributed by atoms with E-state index in [-0.39, 0.29) is 39.2 Å². The third-order valence-electron chi connectivity index (χ3n) is 2.78. The average Bonchev–Trinajstić information content (AvgIpc) is 2.37. The van der Waals surface area contributed by atoms with Gasteiger partial charge in [0.25, 0.3) is 0 Å². The molecule has 3 N–H and O–H groups in total. The fraction of sp³-hybridized carbons (Fsp3) is 0.0714. The summed E-state index contributed by atoms with van der Waals surface area (Å²) >= 11 is 12.0. The molecule has 110 valence electrons. The van der Waals surface area contributed by atoms with Crippen LogP contribution in [0.15, 0.2) is 36.4 Å². The molecule has 0 aliphatic carbocycles. The highest BCUT2D eigenvalue weighted by atomic mass is 35.5. The van der Waals surface area contributed by atoms with E-state index in [2.05, 4.69) is 0 Å². The van der Waals surface area contributed by atoms with Gasteiger partial charge in [0, 0.05) is 0 Å². The largest absolute Gasteiger partial charge is 0.508 e. The number of para-hydroxylation sites is 1. The molecule has 0 fully saturated rings. The molecular weight excluding hydrogens is 317 g/mol. The molecule has 0 spiro atoms. The maximum absolute atomic E-state index is 10.9. The molecule has 5 nitrogen and oxygen atoms in total. The van der Waals surface area contributed by atoms with Gasteiger partial charge in [-0.25, -0.2) is 5.06 Å². The van der Waals surface area contributed by atoms with Crippen LogP contribution in [0.1, 0.15) is 5.56 Å². The van der Waals surface area contributed by atoms with Crippen molar-refractivity contribution in [2.24, 2.45) is 0 Å². The van der Waals surface area contributed by atoms with Crippen LogP contribution in [-0.4, -0.2) is 21.4 Å². The van der Waals surface area contributed by atoms with Gasteiger partial charge in [0.15, 0.2) is 0 Å². The Morgan fingerprint density at radius 3 is 2.33 bits per heavy atom. The van der Waals surface area contributed by atoms with E-state index in [0.29, 0.717) is 5.06 Å². The van der Waals surface area contributed by atoms with E-state index in [1.165, 1.54) is 18.2 Å². The third-order valence-corrected chi connectivity index (χ3v) is 3.39. The van der Waals surface area contributed by atoms with Crippen LogP contribution in [0, 0.1) is 0 Å². The Balaban J connectivity index is 2.53. The fourth-order valence-corrected chi connectivity index (χ4v) is 2.45. The first-order valence-corrected chi connectivity index (χ1v) is 6.62. The third kappa shape index (κ3) is 3.39. The van der Waals surface area contributed by atoms with Gasteiger partial charge in [0.05, 0.1) is 22.2 Å². The van der Waals surface area contributed by atoms with Crippen molar-refractivity contribution in [2.75, 3.05) is 5.06 Å². The zero-order chi connectivity index (χ0) is 15.6. The van der Waals surface area contributed by atoms with E-state index in [1.807, 2.05) is 0 Å². The van der Waals surface area contributed by atoms with Crippen LogP contribution in [0.25, 0.3) is 0 Å². The molecule has 0 aliphatic heterocycles. The number of phenols is 1. The SMILES string of the molecule is O=C(O)Cc1cc(O)ccc1N(O)c1c(Cl)cccc1Cl. The van der Waals surface area contributed by atoms with Crippen molar-refractivity contribution in [1.29, 1.82) is 0 Å². The molecule has 0 bridgehead atoms. The summed E-state index contributed by atoms with van der Waals surface area (Å²) in [6, 6.07) is 8.68. The van der Waals surface area contributed by atoms with Gasteiger partial charge in [-0.05, 0) is 35.9 Å². The van der Waals surface area contributed by atoms with Gasteiger partial charge in [-0.2, -0.15) is 0 Å². The highest BCUT2D eigenvalue weighted by molar-refractivity contribution is 6.39. The van der Waals surface area contributed by atoms with E-state index < -0.39 is 5.97 Å². The molecule has 21 heavy (non-hydrogen) atoms. The lowest BCUT2D eigenvalue weighted by atomic mass is 10.1. The number of phenolic OH excluding ortho intramolecular Hbond substituents is 1. The highest BCUT2D eigenvalue weighted by Crippen LogP contribution is 2.38. The molecule has 0 atom stereocenters. The van der Waals surface area contributed by atoms with E-state index in [9.17, 15) is 15.1 Å². The number of aliphatic carboxylic acids is 1. The van der Waals surface area contributed by atoms with E-state index in [1.54, 1.807) is 18.2 Å². The molecule has 0 heterocycles. The van der Waals surface area contributed by atoms with Crippen molar-refractivity contribution in [3.63, 3.8) is 0 Å². The molecule has 0 saturated carbocycles. The second-order valence-corrected chi connectivity index (χ2v) is 5.08. The van der Waals surface area contributed by atoms with Crippen LogP contribution in [-0.2, 0) is 11.2 Å². The normalized spacial score (nSPS) is 10.4. The number of carboxylic acids is 1. The first-order valence-electron chi connectivity index (χ1n) is 5.87. The van der Waals surface area contributed by atoms with Crippen LogP contribution in [0.4, 0.5) is 11.4 Å². The van der Waals surface area contributed by atoms with Gasteiger partial charge in [-0.3, -0.25) is 10.0 Å². The lowest BCUT2D eigenvalue weighted by Gasteiger charge is -2.22. The Hall–Kier alpha value is -1.95. The summed E-state index contributed by atoms with van der Waals surface area (Å²) in [7, 11) is 0. The Morgan fingerprint density at radius 1 is 1.14 bits per heavy atom. The van der Waals surface area contributed by atoms with Crippen LogP contribution >= 0.6 is 23.2 Å². The Kier molecular flexibility index (Phi) is 4.57. The number of anilines is 2. The fourth-order valence-electron chi connectivity index (χ4n) is 1.89.